The fraction of sp³-hybridized carbons (Fsp3) is 0.143. The third kappa shape index (κ3) is 3.80. The number of pyridine rings is 1. The number of fused-ring (bicyclic) bond motifs is 1. The summed E-state index contributed by atoms with van der Waals surface area (Å²) in [4.78, 5) is 8.75. The summed E-state index contributed by atoms with van der Waals surface area (Å²) >= 11 is 0. The maximum Gasteiger partial charge on any atom is 0.213 e. The standard InChI is InChI=1S/C21H18FN3O2/c22-17-7-8-19(16(10-17)13-26)15-4-3-5-20-24-18(12-25(20)11-15)14-27-21-6-1-2-9-23-21/h1-4,6-12,26H,5,13-14H2. The van der Waals surface area contributed by atoms with E-state index in [1.165, 1.54) is 12.1 Å². The van der Waals surface area contributed by atoms with Gasteiger partial charge in [-0.05, 0) is 34.9 Å². The van der Waals surface area contributed by atoms with Crippen LogP contribution in [0.25, 0.3) is 11.8 Å². The van der Waals surface area contributed by atoms with Crippen LogP contribution in [-0.2, 0) is 19.6 Å². The van der Waals surface area contributed by atoms with E-state index in [1.807, 2.05) is 41.2 Å². The van der Waals surface area contributed by atoms with E-state index in [-0.39, 0.29) is 12.4 Å². The molecule has 0 saturated carbocycles. The average Bonchev–Trinajstić information content (AvgIpc) is 2.97. The Morgan fingerprint density at radius 3 is 2.96 bits per heavy atom. The number of aliphatic hydroxyl groups excluding tert-OH is 1. The lowest BCUT2D eigenvalue weighted by Crippen LogP contribution is -1.97. The summed E-state index contributed by atoms with van der Waals surface area (Å²) in [5.74, 6) is 1.07. The van der Waals surface area contributed by atoms with E-state index < -0.39 is 0 Å². The van der Waals surface area contributed by atoms with Crippen LogP contribution in [0, 0.1) is 5.82 Å². The molecule has 0 atom stereocenters. The third-order valence-corrected chi connectivity index (χ3v) is 4.29. The highest BCUT2D eigenvalue weighted by molar-refractivity contribution is 5.84. The minimum absolute atomic E-state index is 0.224. The number of aromatic nitrogens is 3. The molecular weight excluding hydrogens is 345 g/mol. The van der Waals surface area contributed by atoms with Crippen molar-refractivity contribution in [3.8, 4) is 5.88 Å². The lowest BCUT2D eigenvalue weighted by Gasteiger charge is -2.09. The Hall–Kier alpha value is -3.25. The van der Waals surface area contributed by atoms with E-state index in [0.29, 0.717) is 24.5 Å². The van der Waals surface area contributed by atoms with Crippen LogP contribution in [0.1, 0.15) is 22.6 Å². The van der Waals surface area contributed by atoms with Gasteiger partial charge in [0.1, 0.15) is 18.2 Å². The van der Waals surface area contributed by atoms with Gasteiger partial charge in [0.25, 0.3) is 0 Å². The van der Waals surface area contributed by atoms with Gasteiger partial charge in [0.2, 0.25) is 5.88 Å². The second-order valence-electron chi connectivity index (χ2n) is 6.16. The van der Waals surface area contributed by atoms with Crippen LogP contribution in [0.5, 0.6) is 5.88 Å². The molecule has 1 aromatic carbocycles. The molecule has 3 aromatic rings. The maximum absolute atomic E-state index is 13.5. The molecule has 5 nitrogen and oxygen atoms in total. The van der Waals surface area contributed by atoms with Crippen molar-refractivity contribution >= 4 is 11.8 Å². The normalized spacial score (nSPS) is 13.0. The van der Waals surface area contributed by atoms with Crippen LogP contribution in [0.4, 0.5) is 4.39 Å². The number of nitrogens with zero attached hydrogens (tertiary/aromatic N) is 3. The highest BCUT2D eigenvalue weighted by Gasteiger charge is 2.13. The molecule has 4 rings (SSSR count). The number of aliphatic hydroxyl groups is 1. The van der Waals surface area contributed by atoms with E-state index in [0.717, 1.165) is 22.7 Å². The summed E-state index contributed by atoms with van der Waals surface area (Å²) < 4.78 is 21.1. The first-order valence-corrected chi connectivity index (χ1v) is 8.61. The second kappa shape index (κ2) is 7.55. The van der Waals surface area contributed by atoms with Gasteiger partial charge in [-0.1, -0.05) is 24.3 Å². The molecule has 136 valence electrons. The number of benzene rings is 1. The van der Waals surface area contributed by atoms with Gasteiger partial charge in [-0.15, -0.1) is 0 Å². The lowest BCUT2D eigenvalue weighted by molar-refractivity contribution is 0.281. The van der Waals surface area contributed by atoms with Crippen LogP contribution < -0.4 is 4.74 Å². The molecule has 6 heteroatoms. The molecule has 3 heterocycles. The quantitative estimate of drug-likeness (QED) is 0.752. The van der Waals surface area contributed by atoms with Gasteiger partial charge in [0.15, 0.2) is 0 Å². The maximum atomic E-state index is 13.5. The molecule has 0 radical (unpaired) electrons. The first-order chi connectivity index (χ1) is 13.2. The van der Waals surface area contributed by atoms with Crippen molar-refractivity contribution in [1.29, 1.82) is 0 Å². The van der Waals surface area contributed by atoms with E-state index in [9.17, 15) is 9.50 Å². The Morgan fingerprint density at radius 1 is 1.22 bits per heavy atom. The Kier molecular flexibility index (Phi) is 4.80. The van der Waals surface area contributed by atoms with Crippen molar-refractivity contribution in [3.05, 3.63) is 89.4 Å². The van der Waals surface area contributed by atoms with Crippen molar-refractivity contribution in [2.75, 3.05) is 0 Å². The lowest BCUT2D eigenvalue weighted by atomic mass is 10.00. The number of hydrogen-bond donors (Lipinski definition) is 1. The van der Waals surface area contributed by atoms with Crippen molar-refractivity contribution in [2.45, 2.75) is 19.6 Å². The molecular formula is C21H18FN3O2. The fourth-order valence-corrected chi connectivity index (χ4v) is 3.02. The van der Waals surface area contributed by atoms with Crippen LogP contribution in [0.15, 0.2) is 60.9 Å². The minimum atomic E-state index is -0.363. The number of imidazole rings is 1. The largest absolute Gasteiger partial charge is 0.471 e. The summed E-state index contributed by atoms with van der Waals surface area (Å²) in [7, 11) is 0. The first kappa shape index (κ1) is 17.2. The average molecular weight is 363 g/mol. The molecule has 0 saturated heterocycles. The first-order valence-electron chi connectivity index (χ1n) is 8.61. The van der Waals surface area contributed by atoms with E-state index in [1.54, 1.807) is 18.3 Å². The predicted molar refractivity (Wildman–Crippen MR) is 100 cm³/mol. The highest BCUT2D eigenvalue weighted by atomic mass is 19.1. The smallest absolute Gasteiger partial charge is 0.213 e. The Morgan fingerprint density at radius 2 is 2.15 bits per heavy atom. The molecule has 2 aromatic heterocycles. The van der Waals surface area contributed by atoms with Gasteiger partial charge in [0.05, 0.1) is 12.3 Å². The summed E-state index contributed by atoms with van der Waals surface area (Å²) in [6.45, 7) is 0.0978. The zero-order valence-electron chi connectivity index (χ0n) is 14.5. The van der Waals surface area contributed by atoms with Gasteiger partial charge < -0.3 is 14.4 Å². The number of allylic oxidation sites excluding steroid dienone is 3. The number of rotatable bonds is 5. The monoisotopic (exact) mass is 363 g/mol. The molecule has 27 heavy (non-hydrogen) atoms. The van der Waals surface area contributed by atoms with E-state index in [4.69, 9.17) is 4.74 Å². The summed E-state index contributed by atoms with van der Waals surface area (Å²) in [6, 6.07) is 9.94. The van der Waals surface area contributed by atoms with Crippen LogP contribution in [0.2, 0.25) is 0 Å². The Balaban J connectivity index is 1.61. The molecule has 0 unspecified atom stereocenters. The zero-order valence-corrected chi connectivity index (χ0v) is 14.5. The predicted octanol–water partition coefficient (Wildman–Crippen LogP) is 3.60. The topological polar surface area (TPSA) is 60.2 Å². The molecule has 0 spiro atoms. The Bertz CT molecular complexity index is 1010. The molecule has 0 fully saturated rings. The summed E-state index contributed by atoms with van der Waals surface area (Å²) in [5, 5.41) is 9.56. The van der Waals surface area contributed by atoms with Gasteiger partial charge in [-0.25, -0.2) is 14.4 Å². The molecule has 1 aliphatic heterocycles. The summed E-state index contributed by atoms with van der Waals surface area (Å²) in [6.07, 6.45) is 10.2. The number of hydrogen-bond acceptors (Lipinski definition) is 4. The van der Waals surface area contributed by atoms with Gasteiger partial charge in [-0.3, -0.25) is 0 Å². The van der Waals surface area contributed by atoms with Crippen molar-refractivity contribution < 1.29 is 14.2 Å². The van der Waals surface area contributed by atoms with Gasteiger partial charge in [0, 0.05) is 31.1 Å². The second-order valence-corrected chi connectivity index (χ2v) is 6.16. The van der Waals surface area contributed by atoms with Crippen LogP contribution >= 0.6 is 0 Å². The Labute approximate surface area is 156 Å². The SMILES string of the molecule is OCc1cc(F)ccc1C1=Cn2cc(COc3ccccn3)nc2CC=C1. The zero-order chi connectivity index (χ0) is 18.6. The number of halogens is 1. The van der Waals surface area contributed by atoms with E-state index >= 15 is 0 Å². The third-order valence-electron chi connectivity index (χ3n) is 4.29. The molecule has 0 bridgehead atoms. The number of ether oxygens (including phenoxy) is 1. The van der Waals surface area contributed by atoms with Crippen LogP contribution in [-0.4, -0.2) is 19.6 Å². The molecule has 0 aliphatic carbocycles. The fourth-order valence-electron chi connectivity index (χ4n) is 3.02. The molecule has 1 N–H and O–H groups in total. The molecule has 0 amide bonds. The van der Waals surface area contributed by atoms with Crippen molar-refractivity contribution in [2.24, 2.45) is 0 Å². The van der Waals surface area contributed by atoms with Gasteiger partial charge in [-0.2, -0.15) is 0 Å². The minimum Gasteiger partial charge on any atom is -0.471 e. The highest BCUT2D eigenvalue weighted by Crippen LogP contribution is 2.25. The van der Waals surface area contributed by atoms with Gasteiger partial charge >= 0.3 is 0 Å². The molecule has 1 aliphatic rings. The van der Waals surface area contributed by atoms with Crippen molar-refractivity contribution in [1.82, 2.24) is 14.5 Å². The van der Waals surface area contributed by atoms with Crippen molar-refractivity contribution in [3.63, 3.8) is 0 Å². The van der Waals surface area contributed by atoms with Crippen LogP contribution in [0.3, 0.4) is 0 Å². The summed E-state index contributed by atoms with van der Waals surface area (Å²) in [5.41, 5.74) is 3.02. The van der Waals surface area contributed by atoms with E-state index in [2.05, 4.69) is 9.97 Å².